The molecule has 0 amide bonds. The van der Waals surface area contributed by atoms with Gasteiger partial charge in [0, 0.05) is 16.5 Å². The number of carboxylic acids is 2. The van der Waals surface area contributed by atoms with Gasteiger partial charge in [0.25, 0.3) is 0 Å². The minimum absolute atomic E-state index is 0.140. The van der Waals surface area contributed by atoms with Gasteiger partial charge in [-0.1, -0.05) is 61.4 Å². The van der Waals surface area contributed by atoms with Crippen molar-refractivity contribution >= 4 is 23.5 Å². The summed E-state index contributed by atoms with van der Waals surface area (Å²) in [6.45, 7) is 3.64. The van der Waals surface area contributed by atoms with Gasteiger partial charge in [-0.05, 0) is 61.9 Å². The molecule has 29 heavy (non-hydrogen) atoms. The van der Waals surface area contributed by atoms with Crippen LogP contribution in [0.1, 0.15) is 68.9 Å². The Balaban J connectivity index is 2.09. The second-order valence-corrected chi connectivity index (χ2v) is 9.05. The van der Waals surface area contributed by atoms with Gasteiger partial charge in [0.15, 0.2) is 0 Å². The first kappa shape index (κ1) is 21.6. The summed E-state index contributed by atoms with van der Waals surface area (Å²) in [5.74, 6) is -2.26. The summed E-state index contributed by atoms with van der Waals surface area (Å²) in [4.78, 5) is 24.9. The van der Waals surface area contributed by atoms with Crippen molar-refractivity contribution in [1.82, 2.24) is 0 Å². The summed E-state index contributed by atoms with van der Waals surface area (Å²) < 4.78 is 0. The van der Waals surface area contributed by atoms with Gasteiger partial charge < -0.3 is 10.2 Å². The number of benzene rings is 1. The fraction of sp³-hybridized carbons (Fsp3) is 0.500. The molecule has 1 fully saturated rings. The highest BCUT2D eigenvalue weighted by atomic mass is 35.5. The molecule has 5 heteroatoms. The van der Waals surface area contributed by atoms with Crippen LogP contribution < -0.4 is 0 Å². The van der Waals surface area contributed by atoms with E-state index in [0.717, 1.165) is 30.4 Å². The average molecular weight is 417 g/mol. The van der Waals surface area contributed by atoms with E-state index >= 15 is 0 Å². The summed E-state index contributed by atoms with van der Waals surface area (Å²) in [5, 5.41) is 20.9. The summed E-state index contributed by atoms with van der Waals surface area (Å²) in [5.41, 5.74) is 1.09. The lowest BCUT2D eigenvalue weighted by atomic mass is 9.61. The molecule has 2 atom stereocenters. The Morgan fingerprint density at radius 1 is 1.14 bits per heavy atom. The van der Waals surface area contributed by atoms with Crippen molar-refractivity contribution in [2.45, 2.75) is 64.7 Å². The first-order valence-electron chi connectivity index (χ1n) is 10.4. The van der Waals surface area contributed by atoms with Crippen LogP contribution in [0.2, 0.25) is 5.02 Å². The molecule has 3 rings (SSSR count). The standard InChI is InChI=1S/C24H29ClO4/c1-15-12-20(22(26)27)21(19-9-8-18(25)13-16(19)2)24(14-15,23(28)29)11-10-17-6-4-3-5-7-17/h8-9,12-14,17,21H,3-7,10-11H2,1-2H3,(H,26,27)(H,28,29). The highest BCUT2D eigenvalue weighted by Gasteiger charge is 2.50. The molecule has 0 aromatic heterocycles. The summed E-state index contributed by atoms with van der Waals surface area (Å²) in [6, 6.07) is 5.27. The molecule has 2 unspecified atom stereocenters. The SMILES string of the molecule is CC1=CC(CCC2CCCCC2)(C(=O)O)C(c2ccc(Cl)cc2C)C(C(=O)O)=C1. The molecule has 0 bridgehead atoms. The first-order chi connectivity index (χ1) is 13.7. The van der Waals surface area contributed by atoms with Crippen LogP contribution in [-0.2, 0) is 9.59 Å². The lowest BCUT2D eigenvalue weighted by Crippen LogP contribution is -2.41. The van der Waals surface area contributed by atoms with Crippen molar-refractivity contribution in [3.63, 3.8) is 0 Å². The third-order valence-corrected chi connectivity index (χ3v) is 6.81. The molecule has 1 saturated carbocycles. The molecule has 4 nitrogen and oxygen atoms in total. The molecule has 2 aliphatic rings. The number of carbonyl (C=O) groups is 2. The summed E-state index contributed by atoms with van der Waals surface area (Å²) in [7, 11) is 0. The van der Waals surface area contributed by atoms with Crippen molar-refractivity contribution in [1.29, 1.82) is 0 Å². The Morgan fingerprint density at radius 3 is 2.41 bits per heavy atom. The van der Waals surface area contributed by atoms with E-state index in [2.05, 4.69) is 0 Å². The quantitative estimate of drug-likeness (QED) is 0.584. The number of halogens is 1. The molecular weight excluding hydrogens is 388 g/mol. The predicted octanol–water partition coefficient (Wildman–Crippen LogP) is 6.13. The van der Waals surface area contributed by atoms with Crippen LogP contribution in [0.3, 0.4) is 0 Å². The van der Waals surface area contributed by atoms with E-state index in [4.69, 9.17) is 11.6 Å². The van der Waals surface area contributed by atoms with Crippen LogP contribution in [-0.4, -0.2) is 22.2 Å². The maximum Gasteiger partial charge on any atom is 0.332 e. The van der Waals surface area contributed by atoms with Crippen molar-refractivity contribution in [2.75, 3.05) is 0 Å². The van der Waals surface area contributed by atoms with Gasteiger partial charge in [-0.2, -0.15) is 0 Å². The number of hydrogen-bond acceptors (Lipinski definition) is 2. The van der Waals surface area contributed by atoms with Crippen molar-refractivity contribution < 1.29 is 19.8 Å². The second kappa shape index (κ2) is 8.74. The molecule has 2 aliphatic carbocycles. The molecule has 1 aromatic rings. The fourth-order valence-corrected chi connectivity index (χ4v) is 5.38. The Morgan fingerprint density at radius 2 is 1.83 bits per heavy atom. The Labute approximate surface area is 177 Å². The number of hydrogen-bond donors (Lipinski definition) is 2. The van der Waals surface area contributed by atoms with E-state index in [1.807, 2.05) is 6.92 Å². The van der Waals surface area contributed by atoms with E-state index in [1.165, 1.54) is 19.3 Å². The maximum atomic E-state index is 12.7. The summed E-state index contributed by atoms with van der Waals surface area (Å²) in [6.07, 6.45) is 10.5. The highest BCUT2D eigenvalue weighted by Crippen LogP contribution is 2.51. The molecule has 156 valence electrons. The maximum absolute atomic E-state index is 12.7. The van der Waals surface area contributed by atoms with Crippen molar-refractivity contribution in [3.8, 4) is 0 Å². The lowest BCUT2D eigenvalue weighted by molar-refractivity contribution is -0.148. The number of aryl methyl sites for hydroxylation is 1. The van der Waals surface area contributed by atoms with Gasteiger partial charge in [0.1, 0.15) is 0 Å². The third kappa shape index (κ3) is 4.42. The lowest BCUT2D eigenvalue weighted by Gasteiger charge is -2.40. The van der Waals surface area contributed by atoms with Crippen molar-refractivity contribution in [2.24, 2.45) is 11.3 Å². The normalized spacial score (nSPS) is 25.3. The third-order valence-electron chi connectivity index (χ3n) is 6.57. The second-order valence-electron chi connectivity index (χ2n) is 8.62. The average Bonchev–Trinajstić information content (AvgIpc) is 2.67. The van der Waals surface area contributed by atoms with E-state index in [1.54, 1.807) is 37.3 Å². The zero-order valence-electron chi connectivity index (χ0n) is 17.1. The van der Waals surface area contributed by atoms with E-state index in [0.29, 0.717) is 22.9 Å². The smallest absolute Gasteiger partial charge is 0.332 e. The Hall–Kier alpha value is -2.07. The number of aliphatic carboxylic acids is 2. The van der Waals surface area contributed by atoms with Gasteiger partial charge in [-0.3, -0.25) is 4.79 Å². The first-order valence-corrected chi connectivity index (χ1v) is 10.8. The van der Waals surface area contributed by atoms with Gasteiger partial charge in [0.2, 0.25) is 0 Å². The number of carboxylic acid groups (broad SMARTS) is 2. The summed E-state index contributed by atoms with van der Waals surface area (Å²) >= 11 is 6.12. The molecule has 0 heterocycles. The van der Waals surface area contributed by atoms with Crippen LogP contribution in [0.4, 0.5) is 0 Å². The predicted molar refractivity (Wildman–Crippen MR) is 114 cm³/mol. The van der Waals surface area contributed by atoms with Gasteiger partial charge in [-0.15, -0.1) is 0 Å². The zero-order chi connectivity index (χ0) is 21.2. The molecule has 0 spiro atoms. The van der Waals surface area contributed by atoms with Crippen LogP contribution in [0.5, 0.6) is 0 Å². The number of allylic oxidation sites excluding steroid dienone is 2. The fourth-order valence-electron chi connectivity index (χ4n) is 5.16. The van der Waals surface area contributed by atoms with Crippen LogP contribution in [0, 0.1) is 18.3 Å². The van der Waals surface area contributed by atoms with Gasteiger partial charge in [-0.25, -0.2) is 4.79 Å². The molecule has 1 aromatic carbocycles. The number of rotatable bonds is 6. The van der Waals surface area contributed by atoms with E-state index < -0.39 is 23.3 Å². The monoisotopic (exact) mass is 416 g/mol. The van der Waals surface area contributed by atoms with Crippen LogP contribution in [0.15, 0.2) is 41.5 Å². The largest absolute Gasteiger partial charge is 0.481 e. The Bertz CT molecular complexity index is 864. The Kier molecular flexibility index (Phi) is 6.52. The molecule has 0 aliphatic heterocycles. The topological polar surface area (TPSA) is 74.6 Å². The molecule has 0 radical (unpaired) electrons. The molecule has 0 saturated heterocycles. The minimum atomic E-state index is -1.28. The van der Waals surface area contributed by atoms with Gasteiger partial charge >= 0.3 is 11.9 Å². The zero-order valence-corrected chi connectivity index (χ0v) is 17.8. The highest BCUT2D eigenvalue weighted by molar-refractivity contribution is 6.30. The van der Waals surface area contributed by atoms with Crippen LogP contribution in [0.25, 0.3) is 0 Å². The molecule has 2 N–H and O–H groups in total. The van der Waals surface area contributed by atoms with Gasteiger partial charge in [0.05, 0.1) is 5.41 Å². The minimum Gasteiger partial charge on any atom is -0.481 e. The van der Waals surface area contributed by atoms with Crippen molar-refractivity contribution in [3.05, 3.63) is 57.6 Å². The van der Waals surface area contributed by atoms with E-state index in [-0.39, 0.29) is 5.57 Å². The molecular formula is C24H29ClO4. The van der Waals surface area contributed by atoms with E-state index in [9.17, 15) is 19.8 Å². The van der Waals surface area contributed by atoms with Crippen LogP contribution >= 0.6 is 11.6 Å².